The van der Waals surface area contributed by atoms with Crippen LogP contribution in [0.1, 0.15) is 35.7 Å². The van der Waals surface area contributed by atoms with Crippen LogP contribution in [0.3, 0.4) is 0 Å². The number of amidine groups is 1. The van der Waals surface area contributed by atoms with Gasteiger partial charge < -0.3 is 25.7 Å². The molecule has 4 rings (SSSR count). The van der Waals surface area contributed by atoms with Crippen molar-refractivity contribution in [3.63, 3.8) is 0 Å². The first kappa shape index (κ1) is 18.8. The molecule has 1 aromatic heterocycles. The van der Waals surface area contributed by atoms with Gasteiger partial charge in [0.25, 0.3) is 5.91 Å². The lowest BCUT2D eigenvalue weighted by Crippen LogP contribution is -2.31. The molecule has 0 atom stereocenters. The van der Waals surface area contributed by atoms with Crippen LogP contribution in [-0.2, 0) is 0 Å². The molecule has 1 fully saturated rings. The molecule has 29 heavy (non-hydrogen) atoms. The van der Waals surface area contributed by atoms with Crippen molar-refractivity contribution < 1.29 is 18.3 Å². The molecule has 1 aliphatic rings. The monoisotopic (exact) mass is 397 g/mol. The summed E-state index contributed by atoms with van der Waals surface area (Å²) in [7, 11) is 0. The number of hydrogen-bond acceptors (Lipinski definition) is 6. The molecule has 0 spiro atoms. The number of hydrogen-bond donors (Lipinski definition) is 4. The number of nitrogens with zero attached hydrogens (tertiary/aromatic N) is 1. The number of furan rings is 1. The number of nitrogens with one attached hydrogen (secondary N) is 2. The summed E-state index contributed by atoms with van der Waals surface area (Å²) in [5.41, 5.74) is 3.78. The van der Waals surface area contributed by atoms with Gasteiger partial charge in [-0.3, -0.25) is 4.79 Å². The molecule has 9 heteroatoms. The number of hydrazine groups is 1. The number of benzene rings is 2. The summed E-state index contributed by atoms with van der Waals surface area (Å²) in [5, 5.41) is 6.79. The number of amides is 1. The van der Waals surface area contributed by atoms with Gasteiger partial charge in [-0.15, -0.1) is 0 Å². The van der Waals surface area contributed by atoms with Crippen LogP contribution in [0.15, 0.2) is 52.2 Å². The standard InChI is InChI=1S/C20H20FN5O3/c1-20(6-7-20)29-16-5-3-12(9-15(16)21)24-19(27)14-10-28-17-8-11(2-4-13(14)17)18(25-22)26-23/h2-5,8-10H,6-7,22-23H2,1H3,(H,24,27)(H,25,26). The van der Waals surface area contributed by atoms with Crippen molar-refractivity contribution in [2.75, 3.05) is 5.32 Å². The zero-order valence-electron chi connectivity index (χ0n) is 15.7. The van der Waals surface area contributed by atoms with Gasteiger partial charge in [-0.25, -0.2) is 10.2 Å². The van der Waals surface area contributed by atoms with Crippen LogP contribution in [0.5, 0.6) is 5.75 Å². The van der Waals surface area contributed by atoms with Gasteiger partial charge in [0.2, 0.25) is 0 Å². The van der Waals surface area contributed by atoms with Gasteiger partial charge in [-0.2, -0.15) is 5.10 Å². The predicted octanol–water partition coefficient (Wildman–Crippen LogP) is 2.84. The van der Waals surface area contributed by atoms with Gasteiger partial charge in [-0.1, -0.05) is 6.07 Å². The van der Waals surface area contributed by atoms with Crippen molar-refractivity contribution in [3.05, 3.63) is 59.6 Å². The topological polar surface area (TPSA) is 128 Å². The van der Waals surface area contributed by atoms with E-state index in [9.17, 15) is 9.18 Å². The fourth-order valence-electron chi connectivity index (χ4n) is 2.95. The Morgan fingerprint density at radius 1 is 1.28 bits per heavy atom. The number of carbonyl (C=O) groups excluding carboxylic acids is 1. The van der Waals surface area contributed by atoms with E-state index in [1.165, 1.54) is 18.4 Å². The lowest BCUT2D eigenvalue weighted by atomic mass is 10.1. The maximum atomic E-state index is 14.3. The zero-order valence-corrected chi connectivity index (χ0v) is 15.7. The van der Waals surface area contributed by atoms with Crippen molar-refractivity contribution in [1.29, 1.82) is 0 Å². The van der Waals surface area contributed by atoms with Crippen LogP contribution in [0, 0.1) is 5.82 Å². The zero-order chi connectivity index (χ0) is 20.6. The summed E-state index contributed by atoms with van der Waals surface area (Å²) < 4.78 is 25.4. The van der Waals surface area contributed by atoms with Gasteiger partial charge in [0.05, 0.1) is 5.56 Å². The van der Waals surface area contributed by atoms with E-state index < -0.39 is 11.7 Å². The number of rotatable bonds is 5. The molecule has 1 amide bonds. The molecule has 3 aromatic rings. The Kier molecular flexibility index (Phi) is 4.59. The molecule has 1 saturated carbocycles. The van der Waals surface area contributed by atoms with E-state index in [4.69, 9.17) is 20.8 Å². The molecule has 1 heterocycles. The molecule has 0 bridgehead atoms. The van der Waals surface area contributed by atoms with Crippen LogP contribution in [0.2, 0.25) is 0 Å². The third-order valence-electron chi connectivity index (χ3n) is 4.86. The van der Waals surface area contributed by atoms with Crippen LogP contribution in [0.4, 0.5) is 10.1 Å². The van der Waals surface area contributed by atoms with Gasteiger partial charge in [-0.05, 0) is 44.0 Å². The van der Waals surface area contributed by atoms with Crippen LogP contribution < -0.4 is 27.2 Å². The van der Waals surface area contributed by atoms with Gasteiger partial charge in [0, 0.05) is 22.7 Å². The van der Waals surface area contributed by atoms with Crippen LogP contribution in [-0.4, -0.2) is 17.3 Å². The molecule has 1 aliphatic carbocycles. The minimum Gasteiger partial charge on any atom is -0.484 e. The highest BCUT2D eigenvalue weighted by Gasteiger charge is 2.40. The van der Waals surface area contributed by atoms with Crippen molar-refractivity contribution in [2.45, 2.75) is 25.4 Å². The largest absolute Gasteiger partial charge is 0.484 e. The Morgan fingerprint density at radius 2 is 2.07 bits per heavy atom. The average Bonchev–Trinajstić information content (AvgIpc) is 3.27. The van der Waals surface area contributed by atoms with Crippen molar-refractivity contribution in [3.8, 4) is 5.75 Å². The van der Waals surface area contributed by atoms with Gasteiger partial charge >= 0.3 is 0 Å². The highest BCUT2D eigenvalue weighted by molar-refractivity contribution is 6.13. The molecular weight excluding hydrogens is 377 g/mol. The van der Waals surface area contributed by atoms with Gasteiger partial charge in [0.15, 0.2) is 17.4 Å². The van der Waals surface area contributed by atoms with Crippen molar-refractivity contribution in [2.24, 2.45) is 16.8 Å². The second kappa shape index (κ2) is 7.10. The average molecular weight is 397 g/mol. The van der Waals surface area contributed by atoms with Crippen LogP contribution >= 0.6 is 0 Å². The summed E-state index contributed by atoms with van der Waals surface area (Å²) in [6.07, 6.45) is 3.14. The third kappa shape index (κ3) is 3.72. The van der Waals surface area contributed by atoms with E-state index in [1.54, 1.807) is 24.3 Å². The number of anilines is 1. The Hall–Kier alpha value is -3.59. The number of carbonyl (C=O) groups is 1. The van der Waals surface area contributed by atoms with Crippen LogP contribution in [0.25, 0.3) is 11.0 Å². The molecular formula is C20H20FN5O3. The van der Waals surface area contributed by atoms with E-state index in [1.807, 2.05) is 6.92 Å². The van der Waals surface area contributed by atoms with Crippen molar-refractivity contribution >= 4 is 28.4 Å². The molecule has 0 radical (unpaired) electrons. The highest BCUT2D eigenvalue weighted by atomic mass is 19.1. The Balaban J connectivity index is 1.54. The second-order valence-corrected chi connectivity index (χ2v) is 7.13. The lowest BCUT2D eigenvalue weighted by molar-refractivity contribution is 0.102. The summed E-state index contributed by atoms with van der Waals surface area (Å²) in [5.74, 6) is 10.1. The number of nitrogens with two attached hydrogens (primary N) is 2. The number of fused-ring (bicyclic) bond motifs is 1. The molecule has 0 unspecified atom stereocenters. The fourth-order valence-corrected chi connectivity index (χ4v) is 2.95. The molecule has 150 valence electrons. The first-order chi connectivity index (χ1) is 13.9. The maximum absolute atomic E-state index is 14.3. The fraction of sp³-hybridized carbons (Fsp3) is 0.200. The van der Waals surface area contributed by atoms with E-state index in [0.717, 1.165) is 12.8 Å². The Labute approximate surface area is 165 Å². The molecule has 0 aliphatic heterocycles. The molecule has 2 aromatic carbocycles. The first-order valence-electron chi connectivity index (χ1n) is 8.98. The smallest absolute Gasteiger partial charge is 0.259 e. The van der Waals surface area contributed by atoms with E-state index in [0.29, 0.717) is 27.8 Å². The number of halogens is 1. The summed E-state index contributed by atoms with van der Waals surface area (Å²) in [6.45, 7) is 1.93. The lowest BCUT2D eigenvalue weighted by Gasteiger charge is -2.14. The Bertz CT molecular complexity index is 1120. The molecule has 8 nitrogen and oxygen atoms in total. The van der Waals surface area contributed by atoms with E-state index in [-0.39, 0.29) is 17.2 Å². The minimum absolute atomic E-state index is 0.176. The quantitative estimate of drug-likeness (QED) is 0.227. The highest BCUT2D eigenvalue weighted by Crippen LogP contribution is 2.40. The normalized spacial score (nSPS) is 15.2. The minimum atomic E-state index is -0.527. The maximum Gasteiger partial charge on any atom is 0.259 e. The van der Waals surface area contributed by atoms with Gasteiger partial charge in [0.1, 0.15) is 17.4 Å². The predicted molar refractivity (Wildman–Crippen MR) is 107 cm³/mol. The van der Waals surface area contributed by atoms with E-state index in [2.05, 4.69) is 15.8 Å². The van der Waals surface area contributed by atoms with Crippen molar-refractivity contribution in [1.82, 2.24) is 5.43 Å². The SMILES string of the molecule is CC1(Oc2ccc(NC(=O)c3coc4cc(/C(=N/N)NN)ccc34)cc2F)CC1. The number of ether oxygens (including phenoxy) is 1. The molecule has 0 saturated heterocycles. The third-order valence-corrected chi connectivity index (χ3v) is 4.86. The number of hydrazone groups is 1. The Morgan fingerprint density at radius 3 is 2.72 bits per heavy atom. The molecule has 6 N–H and O–H groups in total. The second-order valence-electron chi connectivity index (χ2n) is 7.13. The summed E-state index contributed by atoms with van der Waals surface area (Å²) in [6, 6.07) is 9.39. The first-order valence-corrected chi connectivity index (χ1v) is 8.98. The van der Waals surface area contributed by atoms with E-state index >= 15 is 0 Å². The summed E-state index contributed by atoms with van der Waals surface area (Å²) >= 11 is 0. The summed E-state index contributed by atoms with van der Waals surface area (Å²) in [4.78, 5) is 12.7.